The first-order chi connectivity index (χ1) is 39.9. The molecule has 0 aliphatic rings. The maximum atomic E-state index is 14.5. The van der Waals surface area contributed by atoms with Crippen LogP contribution in [0, 0.1) is 11.8 Å². The fraction of sp³-hybridized carbons (Fsp3) is 0.473. The van der Waals surface area contributed by atoms with Crippen LogP contribution >= 0.6 is 0 Å². The number of nitrogens with zero attached hydrogens (tertiary/aromatic N) is 2. The summed E-state index contributed by atoms with van der Waals surface area (Å²) in [5.74, 6) is -11.7. The maximum Gasteiger partial charge on any atom is 0.326 e. The van der Waals surface area contributed by atoms with Crippen LogP contribution in [0.1, 0.15) is 88.7 Å². The number of imidazole rings is 2. The first-order valence-electron chi connectivity index (χ1n) is 27.2. The highest BCUT2D eigenvalue weighted by atomic mass is 16.4. The van der Waals surface area contributed by atoms with E-state index >= 15 is 0 Å². The molecule has 2 heterocycles. The van der Waals surface area contributed by atoms with Gasteiger partial charge in [0.25, 0.3) is 0 Å². The van der Waals surface area contributed by atoms with Crippen molar-refractivity contribution >= 4 is 65.0 Å². The van der Waals surface area contributed by atoms with Crippen molar-refractivity contribution in [1.82, 2.24) is 62.5 Å². The minimum Gasteiger partial charge on any atom is -0.508 e. The number of carboxylic acids is 1. The van der Waals surface area contributed by atoms with Gasteiger partial charge in [-0.25, -0.2) is 14.8 Å². The van der Waals surface area contributed by atoms with Crippen LogP contribution in [0.3, 0.4) is 0 Å². The molecular weight excluding hydrogens is 1090 g/mol. The van der Waals surface area contributed by atoms with Gasteiger partial charge in [-0.3, -0.25) is 47.9 Å². The third-order valence-electron chi connectivity index (χ3n) is 13.4. The number of aliphatic hydroxyl groups is 1. The van der Waals surface area contributed by atoms with Gasteiger partial charge in [-0.15, -0.1) is 0 Å². The van der Waals surface area contributed by atoms with Gasteiger partial charge < -0.3 is 85.0 Å². The zero-order chi connectivity index (χ0) is 62.0. The van der Waals surface area contributed by atoms with E-state index in [-0.39, 0.29) is 63.0 Å². The number of amides is 10. The van der Waals surface area contributed by atoms with E-state index in [0.717, 1.165) is 0 Å². The Balaban J connectivity index is 1.58. The number of nitrogens with one attached hydrogen (secondary N) is 10. The number of benzene rings is 2. The number of aromatic hydroxyl groups is 1. The summed E-state index contributed by atoms with van der Waals surface area (Å²) in [7, 11) is 0. The van der Waals surface area contributed by atoms with Crippen molar-refractivity contribution < 1.29 is 68.1 Å². The van der Waals surface area contributed by atoms with Gasteiger partial charge in [0.2, 0.25) is 59.1 Å². The van der Waals surface area contributed by atoms with Crippen molar-refractivity contribution in [1.29, 1.82) is 0 Å². The topological polar surface area (TPSA) is 480 Å². The van der Waals surface area contributed by atoms with E-state index in [9.17, 15) is 68.1 Å². The van der Waals surface area contributed by atoms with Gasteiger partial charge in [-0.2, -0.15) is 0 Å². The lowest BCUT2D eigenvalue weighted by Gasteiger charge is -2.30. The first-order valence-corrected chi connectivity index (χ1v) is 27.2. The molecule has 0 aliphatic heterocycles. The summed E-state index contributed by atoms with van der Waals surface area (Å²) >= 11 is 0. The number of H-pyrrole nitrogens is 2. The third kappa shape index (κ3) is 22.6. The normalized spacial score (nSPS) is 14.7. The number of rotatable bonds is 36. The molecule has 0 bridgehead atoms. The SMILES string of the molecule is CC[C@H](C)[C@H](NC(=O)[C@H](Cc1ccc(O)cc1)NC(=O)[C@H](CCC(N)=O)NC(=O)[C@@H](N)Cc1cnc[nH]1)C(=O)N[C@@H](CCC(N)=O)C(=O)N[C@@H](CC(C)C)C(=O)N[C@@H](Cc1cnc[nH]1)C(=O)N[C@@H](CO)C(=O)N[C@@H](Cc1ccccc1)C(=O)O. The molecule has 456 valence electrons. The predicted octanol–water partition coefficient (Wildman–Crippen LogP) is -2.99. The molecule has 0 spiro atoms. The maximum absolute atomic E-state index is 14.5. The number of carbonyl (C=O) groups excluding carboxylic acids is 10. The fourth-order valence-corrected chi connectivity index (χ4v) is 8.54. The summed E-state index contributed by atoms with van der Waals surface area (Å²) in [4.78, 5) is 162. The monoisotopic (exact) mass is 1170 g/mol. The van der Waals surface area contributed by atoms with E-state index in [1.54, 1.807) is 58.0 Å². The second-order valence-electron chi connectivity index (χ2n) is 20.7. The third-order valence-corrected chi connectivity index (χ3v) is 13.4. The van der Waals surface area contributed by atoms with Crippen LogP contribution in [0.25, 0.3) is 0 Å². The Morgan fingerprint density at radius 2 is 0.952 bits per heavy atom. The molecule has 4 rings (SSSR count). The Hall–Kier alpha value is -9.25. The molecule has 0 radical (unpaired) electrons. The number of primary amides is 2. The van der Waals surface area contributed by atoms with E-state index < -0.39 is 145 Å². The number of aromatic amines is 2. The number of aliphatic carboxylic acids is 1. The van der Waals surface area contributed by atoms with E-state index in [1.807, 2.05) is 0 Å². The van der Waals surface area contributed by atoms with Crippen LogP contribution in [0.2, 0.25) is 0 Å². The van der Waals surface area contributed by atoms with Crippen molar-refractivity contribution in [2.24, 2.45) is 29.0 Å². The number of carboxylic acid groups (broad SMARTS) is 1. The van der Waals surface area contributed by atoms with Crippen molar-refractivity contribution in [2.75, 3.05) is 6.61 Å². The highest BCUT2D eigenvalue weighted by Gasteiger charge is 2.37. The zero-order valence-electron chi connectivity index (χ0n) is 47.1. The minimum atomic E-state index is -1.69. The molecule has 4 aromatic rings. The Kier molecular flexibility index (Phi) is 26.9. The highest BCUT2D eigenvalue weighted by molar-refractivity contribution is 5.98. The van der Waals surface area contributed by atoms with Gasteiger partial charge in [-0.05, 0) is 54.4 Å². The average Bonchev–Trinajstić information content (AvgIpc) is 4.30. The standard InChI is InChI=1S/C55H77N15O14/c1-5-30(4)46(70-52(80)40(20-32-11-13-35(72)14-12-32)66-48(76)37(15-17-44(57)73)63-47(75)36(56)22-33-24-59-27-61-33)54(82)64-38(16-18-45(58)74)49(77)65-39(19-29(2)3)50(78)67-41(23-34-25-60-28-62-34)51(79)69-43(26-71)53(81)68-42(55(83)84)21-31-9-7-6-8-10-31/h6-14,24-25,27-30,36-43,46,71-72H,5,15-23,26,56H2,1-4H3,(H2,57,73)(H2,58,74)(H,59,61)(H,60,62)(H,63,75)(H,64,82)(H,65,77)(H,66,76)(H,67,78)(H,68,81)(H,69,79)(H,70,80)(H,83,84)/t30-,36-,37-,38-,39-,40-,41-,42-,43-,46-/m0/s1. The quantitative estimate of drug-likeness (QED) is 0.0216. The summed E-state index contributed by atoms with van der Waals surface area (Å²) in [6.45, 7) is 5.81. The van der Waals surface area contributed by atoms with E-state index in [0.29, 0.717) is 22.5 Å². The van der Waals surface area contributed by atoms with Crippen LogP contribution in [-0.2, 0) is 78.4 Å². The highest BCUT2D eigenvalue weighted by Crippen LogP contribution is 2.16. The second-order valence-corrected chi connectivity index (χ2v) is 20.7. The number of hydrogen-bond donors (Lipinski definition) is 16. The van der Waals surface area contributed by atoms with Gasteiger partial charge in [-0.1, -0.05) is 76.6 Å². The van der Waals surface area contributed by atoms with Gasteiger partial charge in [0, 0.05) is 62.3 Å². The lowest BCUT2D eigenvalue weighted by molar-refractivity contribution is -0.142. The molecule has 2 aromatic carbocycles. The molecule has 29 heteroatoms. The summed E-state index contributed by atoms with van der Waals surface area (Å²) in [6, 6.07) is 0.764. The number of nitrogens with two attached hydrogens (primary N) is 3. The number of phenolic OH excluding ortho intramolecular Hbond substituents is 1. The van der Waals surface area contributed by atoms with Crippen LogP contribution in [-0.4, -0.2) is 161 Å². The molecule has 0 saturated carbocycles. The first kappa shape index (κ1) is 67.3. The Morgan fingerprint density at radius 3 is 1.45 bits per heavy atom. The van der Waals surface area contributed by atoms with Crippen LogP contribution < -0.4 is 59.7 Å². The Morgan fingerprint density at radius 1 is 0.524 bits per heavy atom. The fourth-order valence-electron chi connectivity index (χ4n) is 8.54. The average molecular weight is 1170 g/mol. The number of aromatic nitrogens is 4. The molecule has 2 aromatic heterocycles. The van der Waals surface area contributed by atoms with Crippen molar-refractivity contribution in [3.8, 4) is 5.75 Å². The van der Waals surface area contributed by atoms with Gasteiger partial charge in [0.1, 0.15) is 54.1 Å². The predicted molar refractivity (Wildman–Crippen MR) is 300 cm³/mol. The second kappa shape index (κ2) is 33.6. The summed E-state index contributed by atoms with van der Waals surface area (Å²) in [5.41, 5.74) is 18.9. The van der Waals surface area contributed by atoms with E-state index in [1.165, 1.54) is 49.3 Å². The van der Waals surface area contributed by atoms with Crippen molar-refractivity contribution in [2.45, 2.75) is 146 Å². The largest absolute Gasteiger partial charge is 0.508 e. The van der Waals surface area contributed by atoms with Gasteiger partial charge in [0.15, 0.2) is 0 Å². The smallest absolute Gasteiger partial charge is 0.326 e. The molecule has 19 N–H and O–H groups in total. The van der Waals surface area contributed by atoms with Crippen molar-refractivity contribution in [3.05, 3.63) is 102 Å². The molecule has 10 atom stereocenters. The van der Waals surface area contributed by atoms with E-state index in [4.69, 9.17) is 17.2 Å². The van der Waals surface area contributed by atoms with Crippen molar-refractivity contribution in [3.63, 3.8) is 0 Å². The molecule has 0 unspecified atom stereocenters. The Bertz CT molecular complexity index is 2840. The summed E-state index contributed by atoms with van der Waals surface area (Å²) in [5, 5.41) is 50.3. The molecule has 84 heavy (non-hydrogen) atoms. The number of carbonyl (C=O) groups is 11. The molecule has 0 fully saturated rings. The van der Waals surface area contributed by atoms with Gasteiger partial charge >= 0.3 is 5.97 Å². The number of phenols is 1. The molecule has 0 saturated heterocycles. The van der Waals surface area contributed by atoms with Crippen LogP contribution in [0.15, 0.2) is 79.6 Å². The lowest BCUT2D eigenvalue weighted by Crippen LogP contribution is -2.61. The number of aliphatic hydroxyl groups excluding tert-OH is 1. The zero-order valence-corrected chi connectivity index (χ0v) is 47.1. The van der Waals surface area contributed by atoms with Gasteiger partial charge in [0.05, 0.1) is 25.3 Å². The molecule has 29 nitrogen and oxygen atoms in total. The molecular formula is C55H77N15O14. The van der Waals surface area contributed by atoms with E-state index in [2.05, 4.69) is 62.5 Å². The summed E-state index contributed by atoms with van der Waals surface area (Å²) in [6.07, 6.45) is 3.56. The minimum absolute atomic E-state index is 0.00201. The molecule has 10 amide bonds. The summed E-state index contributed by atoms with van der Waals surface area (Å²) < 4.78 is 0. The van der Waals surface area contributed by atoms with Crippen LogP contribution in [0.4, 0.5) is 0 Å². The molecule has 0 aliphatic carbocycles. The number of hydrogen-bond acceptors (Lipinski definition) is 16. The Labute approximate surface area is 484 Å². The lowest BCUT2D eigenvalue weighted by atomic mass is 9.96. The van der Waals surface area contributed by atoms with Crippen LogP contribution in [0.5, 0.6) is 5.75 Å².